The number of carbonyl (C=O) groups excluding carboxylic acids is 1. The number of aryl methyl sites for hydroxylation is 4. The molecule has 0 saturated heterocycles. The van der Waals surface area contributed by atoms with Crippen LogP contribution in [0.15, 0.2) is 36.4 Å². The summed E-state index contributed by atoms with van der Waals surface area (Å²) in [7, 11) is 0. The first-order chi connectivity index (χ1) is 11.0. The van der Waals surface area contributed by atoms with Gasteiger partial charge in [0.05, 0.1) is 0 Å². The third-order valence-electron chi connectivity index (χ3n) is 4.05. The van der Waals surface area contributed by atoms with Crippen LogP contribution in [0.2, 0.25) is 0 Å². The molecule has 0 fully saturated rings. The lowest BCUT2D eigenvalue weighted by molar-refractivity contribution is -0.116. The van der Waals surface area contributed by atoms with Gasteiger partial charge < -0.3 is 10.6 Å². The minimum absolute atomic E-state index is 0.0531. The fourth-order valence-corrected chi connectivity index (χ4v) is 2.81. The zero-order valence-corrected chi connectivity index (χ0v) is 14.5. The third kappa shape index (κ3) is 4.93. The second-order valence-corrected chi connectivity index (χ2v) is 6.18. The maximum Gasteiger partial charge on any atom is 0.225 e. The fourth-order valence-electron chi connectivity index (χ4n) is 2.81. The van der Waals surface area contributed by atoms with Crippen LogP contribution in [0.1, 0.15) is 34.2 Å². The second-order valence-electron chi connectivity index (χ2n) is 6.18. The number of hydrogen-bond donors (Lipinski definition) is 2. The highest BCUT2D eigenvalue weighted by Gasteiger charge is 2.08. The van der Waals surface area contributed by atoms with Crippen molar-refractivity contribution >= 4 is 11.6 Å². The number of amides is 1. The maximum atomic E-state index is 12.1. The Morgan fingerprint density at radius 3 is 2.26 bits per heavy atom. The number of anilines is 1. The van der Waals surface area contributed by atoms with Crippen molar-refractivity contribution in [1.29, 1.82) is 0 Å². The largest absolute Gasteiger partial charge is 0.326 e. The minimum atomic E-state index is 0.0531. The molecule has 0 radical (unpaired) electrons. The number of carbonyl (C=O) groups is 1. The zero-order chi connectivity index (χ0) is 16.8. The van der Waals surface area contributed by atoms with E-state index in [1.807, 2.05) is 26.0 Å². The van der Waals surface area contributed by atoms with Gasteiger partial charge in [0, 0.05) is 25.2 Å². The molecular weight excluding hydrogens is 284 g/mol. The van der Waals surface area contributed by atoms with E-state index in [0.717, 1.165) is 23.4 Å². The van der Waals surface area contributed by atoms with Gasteiger partial charge in [-0.15, -0.1) is 0 Å². The van der Waals surface area contributed by atoms with Crippen molar-refractivity contribution in [2.45, 2.75) is 40.7 Å². The molecule has 2 rings (SSSR count). The number of benzene rings is 2. The van der Waals surface area contributed by atoms with Crippen LogP contribution in [0.4, 0.5) is 5.69 Å². The molecule has 0 aromatic heterocycles. The summed E-state index contributed by atoms with van der Waals surface area (Å²) in [6.45, 7) is 9.71. The van der Waals surface area contributed by atoms with E-state index in [9.17, 15) is 4.79 Å². The summed E-state index contributed by atoms with van der Waals surface area (Å²) in [5.41, 5.74) is 6.94. The first-order valence-corrected chi connectivity index (χ1v) is 8.10. The molecule has 0 spiro atoms. The standard InChI is InChI=1S/C20H26N2O/c1-14-11-16(3)20(17(4)12-14)22-19(23)9-10-21-13-18-8-6-5-7-15(18)2/h5-8,11-12,21H,9-10,13H2,1-4H3,(H,22,23). The van der Waals surface area contributed by atoms with E-state index in [1.165, 1.54) is 16.7 Å². The summed E-state index contributed by atoms with van der Waals surface area (Å²) in [5, 5.41) is 6.37. The van der Waals surface area contributed by atoms with Gasteiger partial charge in [0.15, 0.2) is 0 Å². The van der Waals surface area contributed by atoms with E-state index in [2.05, 4.69) is 48.7 Å². The topological polar surface area (TPSA) is 41.1 Å². The fraction of sp³-hybridized carbons (Fsp3) is 0.350. The van der Waals surface area contributed by atoms with Crippen molar-refractivity contribution in [3.63, 3.8) is 0 Å². The lowest BCUT2D eigenvalue weighted by atomic mass is 10.1. The van der Waals surface area contributed by atoms with Crippen LogP contribution in [0.5, 0.6) is 0 Å². The molecule has 122 valence electrons. The molecule has 0 unspecified atom stereocenters. The van der Waals surface area contributed by atoms with Gasteiger partial charge in [0.2, 0.25) is 5.91 Å². The Kier molecular flexibility index (Phi) is 5.94. The van der Waals surface area contributed by atoms with Gasteiger partial charge in [-0.3, -0.25) is 4.79 Å². The SMILES string of the molecule is Cc1cc(C)c(NC(=O)CCNCc2ccccc2C)c(C)c1. The summed E-state index contributed by atoms with van der Waals surface area (Å²) in [6.07, 6.45) is 0.471. The van der Waals surface area contributed by atoms with E-state index >= 15 is 0 Å². The van der Waals surface area contributed by atoms with E-state index < -0.39 is 0 Å². The van der Waals surface area contributed by atoms with Crippen LogP contribution in [-0.4, -0.2) is 12.5 Å². The lowest BCUT2D eigenvalue weighted by Crippen LogP contribution is -2.22. The van der Waals surface area contributed by atoms with Crippen LogP contribution in [0.25, 0.3) is 0 Å². The van der Waals surface area contributed by atoms with Crippen molar-refractivity contribution in [3.05, 3.63) is 64.2 Å². The van der Waals surface area contributed by atoms with Crippen LogP contribution >= 0.6 is 0 Å². The Morgan fingerprint density at radius 1 is 0.957 bits per heavy atom. The van der Waals surface area contributed by atoms with E-state index in [4.69, 9.17) is 0 Å². The molecule has 3 heteroatoms. The summed E-state index contributed by atoms with van der Waals surface area (Å²) < 4.78 is 0. The molecule has 2 aromatic rings. The van der Waals surface area contributed by atoms with Crippen molar-refractivity contribution in [1.82, 2.24) is 5.32 Å². The van der Waals surface area contributed by atoms with Crippen LogP contribution < -0.4 is 10.6 Å². The molecular formula is C20H26N2O. The first-order valence-electron chi connectivity index (χ1n) is 8.10. The monoisotopic (exact) mass is 310 g/mol. The Balaban J connectivity index is 1.81. The van der Waals surface area contributed by atoms with Crippen molar-refractivity contribution in [2.24, 2.45) is 0 Å². The van der Waals surface area contributed by atoms with Crippen molar-refractivity contribution in [2.75, 3.05) is 11.9 Å². The van der Waals surface area contributed by atoms with Gasteiger partial charge in [0.25, 0.3) is 0 Å². The van der Waals surface area contributed by atoms with E-state index in [0.29, 0.717) is 13.0 Å². The highest BCUT2D eigenvalue weighted by molar-refractivity contribution is 5.92. The summed E-state index contributed by atoms with van der Waals surface area (Å²) in [5.74, 6) is 0.0531. The summed E-state index contributed by atoms with van der Waals surface area (Å²) in [4.78, 5) is 12.1. The van der Waals surface area contributed by atoms with Gasteiger partial charge >= 0.3 is 0 Å². The van der Waals surface area contributed by atoms with E-state index in [1.54, 1.807) is 0 Å². The molecule has 23 heavy (non-hydrogen) atoms. The molecule has 3 nitrogen and oxygen atoms in total. The predicted octanol–water partition coefficient (Wildman–Crippen LogP) is 4.04. The first kappa shape index (κ1) is 17.2. The van der Waals surface area contributed by atoms with Gasteiger partial charge in [0.1, 0.15) is 0 Å². The Morgan fingerprint density at radius 2 is 1.61 bits per heavy atom. The molecule has 2 N–H and O–H groups in total. The Hall–Kier alpha value is -2.13. The molecule has 0 atom stereocenters. The molecule has 0 aliphatic heterocycles. The number of nitrogens with one attached hydrogen (secondary N) is 2. The molecule has 0 aliphatic carbocycles. The molecule has 0 aliphatic rings. The number of hydrogen-bond acceptors (Lipinski definition) is 2. The quantitative estimate of drug-likeness (QED) is 0.791. The average molecular weight is 310 g/mol. The normalized spacial score (nSPS) is 10.6. The molecule has 0 saturated carbocycles. The summed E-state index contributed by atoms with van der Waals surface area (Å²) >= 11 is 0. The third-order valence-corrected chi connectivity index (χ3v) is 4.05. The van der Waals surface area contributed by atoms with E-state index in [-0.39, 0.29) is 5.91 Å². The van der Waals surface area contributed by atoms with Crippen LogP contribution in [-0.2, 0) is 11.3 Å². The molecule has 0 bridgehead atoms. The minimum Gasteiger partial charge on any atom is -0.326 e. The Bertz CT molecular complexity index is 669. The summed E-state index contributed by atoms with van der Waals surface area (Å²) in [6, 6.07) is 12.5. The smallest absolute Gasteiger partial charge is 0.225 e. The molecule has 2 aromatic carbocycles. The predicted molar refractivity (Wildman–Crippen MR) is 96.8 cm³/mol. The highest BCUT2D eigenvalue weighted by atomic mass is 16.1. The lowest BCUT2D eigenvalue weighted by Gasteiger charge is -2.13. The van der Waals surface area contributed by atoms with Crippen LogP contribution in [0, 0.1) is 27.7 Å². The van der Waals surface area contributed by atoms with Gasteiger partial charge in [-0.05, 0) is 49.9 Å². The van der Waals surface area contributed by atoms with Gasteiger partial charge in [-0.1, -0.05) is 42.0 Å². The number of rotatable bonds is 6. The second kappa shape index (κ2) is 7.93. The highest BCUT2D eigenvalue weighted by Crippen LogP contribution is 2.21. The van der Waals surface area contributed by atoms with Crippen LogP contribution in [0.3, 0.4) is 0 Å². The average Bonchev–Trinajstić information content (AvgIpc) is 2.49. The zero-order valence-electron chi connectivity index (χ0n) is 14.5. The molecule has 1 amide bonds. The van der Waals surface area contributed by atoms with Gasteiger partial charge in [-0.2, -0.15) is 0 Å². The van der Waals surface area contributed by atoms with Crippen molar-refractivity contribution < 1.29 is 4.79 Å². The van der Waals surface area contributed by atoms with Crippen molar-refractivity contribution in [3.8, 4) is 0 Å². The molecule has 0 heterocycles. The van der Waals surface area contributed by atoms with Gasteiger partial charge in [-0.25, -0.2) is 0 Å². The Labute approximate surface area is 139 Å². The maximum absolute atomic E-state index is 12.1.